The van der Waals surface area contributed by atoms with Crippen LogP contribution in [0.4, 0.5) is 12.0 Å². The number of halogens is 2. The van der Waals surface area contributed by atoms with Crippen molar-refractivity contribution < 1.29 is 4.42 Å². The predicted molar refractivity (Wildman–Crippen MR) is 125 cm³/mol. The van der Waals surface area contributed by atoms with Crippen LogP contribution in [0.25, 0.3) is 11.5 Å². The van der Waals surface area contributed by atoms with E-state index in [0.717, 1.165) is 37.2 Å². The highest BCUT2D eigenvalue weighted by molar-refractivity contribution is 6.34. The predicted octanol–water partition coefficient (Wildman–Crippen LogP) is 3.77. The number of hydrogen-bond acceptors (Lipinski definition) is 9. The molecule has 1 fully saturated rings. The van der Waals surface area contributed by atoms with E-state index in [-0.39, 0.29) is 5.41 Å². The Balaban J connectivity index is 1.19. The van der Waals surface area contributed by atoms with Crippen molar-refractivity contribution in [3.8, 4) is 11.5 Å². The molecular formula is C21H21Cl2N9O. The van der Waals surface area contributed by atoms with Gasteiger partial charge in [-0.1, -0.05) is 35.2 Å². The summed E-state index contributed by atoms with van der Waals surface area (Å²) in [7, 11) is 0. The minimum Gasteiger partial charge on any atom is -0.403 e. The van der Waals surface area contributed by atoms with Crippen LogP contribution in [0.15, 0.2) is 41.2 Å². The van der Waals surface area contributed by atoms with Crippen molar-refractivity contribution in [3.05, 3.63) is 58.1 Å². The fourth-order valence-electron chi connectivity index (χ4n) is 3.89. The molecule has 0 amide bonds. The van der Waals surface area contributed by atoms with Crippen LogP contribution in [0.5, 0.6) is 0 Å². The summed E-state index contributed by atoms with van der Waals surface area (Å²) in [5.41, 5.74) is 2.50. The maximum absolute atomic E-state index is 6.04. The minimum absolute atomic E-state index is 0.117. The molecule has 0 radical (unpaired) electrons. The standard InChI is InChI=1S/C21H21Cl2N9O/c1-21(17-11-27-31-28-17)3-5-32(12-21)20-30-29-18(33-20)14-9-25-19(26-10-14)24-4-2-13-6-15(22)8-16(23)7-13/h6-11H,2-5,12H2,1H3,(H,24,25,26)(H,27,28,31). The number of nitrogens with zero attached hydrogens (tertiary/aromatic N) is 7. The second-order valence-electron chi connectivity index (χ2n) is 8.23. The molecule has 0 bridgehead atoms. The van der Waals surface area contributed by atoms with Crippen molar-refractivity contribution in [2.45, 2.75) is 25.2 Å². The lowest BCUT2D eigenvalue weighted by molar-refractivity contribution is 0.503. The summed E-state index contributed by atoms with van der Waals surface area (Å²) in [5.74, 6) is 0.884. The van der Waals surface area contributed by atoms with Gasteiger partial charge in [0.05, 0.1) is 17.5 Å². The molecule has 1 aliphatic heterocycles. The van der Waals surface area contributed by atoms with Crippen LogP contribution in [0, 0.1) is 0 Å². The molecule has 1 unspecified atom stereocenters. The highest BCUT2D eigenvalue weighted by atomic mass is 35.5. The SMILES string of the molecule is CC1(c2cn[nH]n2)CCN(c2nnc(-c3cnc(NCCc4cc(Cl)cc(Cl)c4)nc3)o2)C1. The summed E-state index contributed by atoms with van der Waals surface area (Å²) < 4.78 is 5.90. The third kappa shape index (κ3) is 4.76. The van der Waals surface area contributed by atoms with Crippen LogP contribution in [0.1, 0.15) is 24.6 Å². The van der Waals surface area contributed by atoms with E-state index in [1.54, 1.807) is 24.7 Å². The number of H-pyrrole nitrogens is 1. The maximum atomic E-state index is 6.04. The van der Waals surface area contributed by atoms with Gasteiger partial charge in [0, 0.05) is 47.5 Å². The van der Waals surface area contributed by atoms with Gasteiger partial charge in [0.2, 0.25) is 5.95 Å². The molecule has 0 aliphatic carbocycles. The molecule has 3 aromatic heterocycles. The summed E-state index contributed by atoms with van der Waals surface area (Å²) in [5, 5.41) is 23.7. The number of rotatable bonds is 7. The Morgan fingerprint density at radius 1 is 1.12 bits per heavy atom. The Morgan fingerprint density at radius 3 is 2.64 bits per heavy atom. The minimum atomic E-state index is -0.117. The molecule has 12 heteroatoms. The molecule has 1 aliphatic rings. The second-order valence-corrected chi connectivity index (χ2v) is 9.10. The number of hydrogen-bond donors (Lipinski definition) is 2. The summed E-state index contributed by atoms with van der Waals surface area (Å²) in [6.07, 6.45) is 6.74. The van der Waals surface area contributed by atoms with Crippen molar-refractivity contribution in [2.75, 3.05) is 29.9 Å². The molecule has 0 saturated carbocycles. The van der Waals surface area contributed by atoms with Crippen molar-refractivity contribution in [1.29, 1.82) is 0 Å². The van der Waals surface area contributed by atoms with Gasteiger partial charge in [0.1, 0.15) is 0 Å². The summed E-state index contributed by atoms with van der Waals surface area (Å²) >= 11 is 12.1. The Morgan fingerprint density at radius 2 is 1.91 bits per heavy atom. The summed E-state index contributed by atoms with van der Waals surface area (Å²) in [6, 6.07) is 5.96. The lowest BCUT2D eigenvalue weighted by atomic mass is 9.87. The summed E-state index contributed by atoms with van der Waals surface area (Å²) in [4.78, 5) is 10.8. The third-order valence-corrected chi connectivity index (χ3v) is 6.15. The van der Waals surface area contributed by atoms with Gasteiger partial charge in [-0.3, -0.25) is 0 Å². The summed E-state index contributed by atoms with van der Waals surface area (Å²) in [6.45, 7) is 4.31. The quantitative estimate of drug-likeness (QED) is 0.402. The van der Waals surface area contributed by atoms with Crippen LogP contribution in [-0.2, 0) is 11.8 Å². The first kappa shape index (κ1) is 21.6. The van der Waals surface area contributed by atoms with Gasteiger partial charge in [-0.05, 0) is 36.6 Å². The lowest BCUT2D eigenvalue weighted by Gasteiger charge is -2.20. The topological polar surface area (TPSA) is 122 Å². The van der Waals surface area contributed by atoms with Gasteiger partial charge in [0.15, 0.2) is 0 Å². The zero-order valence-electron chi connectivity index (χ0n) is 17.8. The van der Waals surface area contributed by atoms with Crippen LogP contribution < -0.4 is 10.2 Å². The fraction of sp³-hybridized carbons (Fsp3) is 0.333. The van der Waals surface area contributed by atoms with E-state index < -0.39 is 0 Å². The smallest absolute Gasteiger partial charge is 0.318 e. The third-order valence-electron chi connectivity index (χ3n) is 5.71. The molecule has 0 spiro atoms. The van der Waals surface area contributed by atoms with E-state index in [1.165, 1.54) is 0 Å². The second kappa shape index (κ2) is 8.95. The number of anilines is 2. The number of nitrogens with one attached hydrogen (secondary N) is 2. The first-order chi connectivity index (χ1) is 16.0. The van der Waals surface area contributed by atoms with Crippen molar-refractivity contribution in [1.82, 2.24) is 35.6 Å². The molecule has 33 heavy (non-hydrogen) atoms. The van der Waals surface area contributed by atoms with Crippen molar-refractivity contribution in [2.24, 2.45) is 0 Å². The fourth-order valence-corrected chi connectivity index (χ4v) is 4.46. The van der Waals surface area contributed by atoms with E-state index in [9.17, 15) is 0 Å². The van der Waals surface area contributed by atoms with Crippen molar-refractivity contribution in [3.63, 3.8) is 0 Å². The van der Waals surface area contributed by atoms with Crippen molar-refractivity contribution >= 4 is 35.2 Å². The van der Waals surface area contributed by atoms with E-state index in [4.69, 9.17) is 27.6 Å². The average molecular weight is 486 g/mol. The van der Waals surface area contributed by atoms with E-state index >= 15 is 0 Å². The van der Waals surface area contributed by atoms with Crippen LogP contribution >= 0.6 is 23.2 Å². The highest BCUT2D eigenvalue weighted by Gasteiger charge is 2.39. The molecule has 5 rings (SSSR count). The monoisotopic (exact) mass is 485 g/mol. The lowest BCUT2D eigenvalue weighted by Crippen LogP contribution is -2.28. The van der Waals surface area contributed by atoms with Gasteiger partial charge in [0.25, 0.3) is 5.89 Å². The molecule has 10 nitrogen and oxygen atoms in total. The van der Waals surface area contributed by atoms with E-state index in [1.807, 2.05) is 12.1 Å². The maximum Gasteiger partial charge on any atom is 0.318 e. The molecular weight excluding hydrogens is 465 g/mol. The van der Waals surface area contributed by atoms with E-state index in [0.29, 0.717) is 40.0 Å². The Hall–Kier alpha value is -3.24. The number of benzene rings is 1. The van der Waals surface area contributed by atoms with Crippen LogP contribution in [-0.4, -0.2) is 55.2 Å². The first-order valence-corrected chi connectivity index (χ1v) is 11.2. The number of aromatic nitrogens is 7. The van der Waals surface area contributed by atoms with Gasteiger partial charge >= 0.3 is 6.01 Å². The van der Waals surface area contributed by atoms with Crippen LogP contribution in [0.2, 0.25) is 10.0 Å². The molecule has 4 heterocycles. The molecule has 1 aromatic carbocycles. The molecule has 1 saturated heterocycles. The largest absolute Gasteiger partial charge is 0.403 e. The Bertz CT molecular complexity index is 1210. The zero-order chi connectivity index (χ0) is 22.8. The zero-order valence-corrected chi connectivity index (χ0v) is 19.3. The average Bonchev–Trinajstić information content (AvgIpc) is 3.55. The van der Waals surface area contributed by atoms with Gasteiger partial charge in [-0.15, -0.1) is 5.10 Å². The first-order valence-electron chi connectivity index (χ1n) is 10.4. The molecule has 2 N–H and O–H groups in total. The normalized spacial score (nSPS) is 18.1. The molecule has 4 aromatic rings. The van der Waals surface area contributed by atoms with Gasteiger partial charge < -0.3 is 14.6 Å². The van der Waals surface area contributed by atoms with Crippen LogP contribution in [0.3, 0.4) is 0 Å². The highest BCUT2D eigenvalue weighted by Crippen LogP contribution is 2.35. The Labute approximate surface area is 199 Å². The Kier molecular flexibility index (Phi) is 5.86. The van der Waals surface area contributed by atoms with Gasteiger partial charge in [-0.2, -0.15) is 15.4 Å². The van der Waals surface area contributed by atoms with E-state index in [2.05, 4.69) is 52.7 Å². The molecule has 170 valence electrons. The number of aromatic amines is 1. The molecule has 1 atom stereocenters. The van der Waals surface area contributed by atoms with Gasteiger partial charge in [-0.25, -0.2) is 9.97 Å².